The van der Waals surface area contributed by atoms with Gasteiger partial charge in [0.2, 0.25) is 0 Å². The first-order valence-electron chi connectivity index (χ1n) is 3.31. The molecular formula is C7H2Cl3N3. The van der Waals surface area contributed by atoms with Crippen molar-refractivity contribution in [3.05, 3.63) is 27.6 Å². The van der Waals surface area contributed by atoms with Crippen LogP contribution < -0.4 is 0 Å². The average molecular weight is 234 g/mol. The van der Waals surface area contributed by atoms with Gasteiger partial charge in [0.1, 0.15) is 5.15 Å². The van der Waals surface area contributed by atoms with Gasteiger partial charge < -0.3 is 0 Å². The molecule has 2 aromatic rings. The maximum absolute atomic E-state index is 5.77. The van der Waals surface area contributed by atoms with Crippen molar-refractivity contribution in [3.8, 4) is 0 Å². The first kappa shape index (κ1) is 8.94. The molecule has 0 unspecified atom stereocenters. The minimum absolute atomic E-state index is 0.234. The third-order valence-electron chi connectivity index (χ3n) is 1.51. The molecule has 0 aliphatic rings. The van der Waals surface area contributed by atoms with Crippen LogP contribution in [0.4, 0.5) is 0 Å². The third-order valence-corrected chi connectivity index (χ3v) is 2.46. The van der Waals surface area contributed by atoms with Crippen molar-refractivity contribution in [1.29, 1.82) is 0 Å². The van der Waals surface area contributed by atoms with E-state index in [1.807, 2.05) is 0 Å². The lowest BCUT2D eigenvalue weighted by molar-refractivity contribution is 1.04. The van der Waals surface area contributed by atoms with Gasteiger partial charge in [-0.15, -0.1) is 5.10 Å². The SMILES string of the molecule is Clc1cc2c(Cl)nncc2nc1Cl. The topological polar surface area (TPSA) is 38.7 Å². The van der Waals surface area contributed by atoms with Gasteiger partial charge in [-0.05, 0) is 6.07 Å². The summed E-state index contributed by atoms with van der Waals surface area (Å²) in [5, 5.41) is 8.79. The molecule has 66 valence electrons. The molecule has 0 saturated carbocycles. The summed E-state index contributed by atoms with van der Waals surface area (Å²) in [6.07, 6.45) is 1.48. The molecule has 0 spiro atoms. The minimum Gasteiger partial charge on any atom is -0.233 e. The van der Waals surface area contributed by atoms with Gasteiger partial charge in [-0.1, -0.05) is 34.8 Å². The molecule has 13 heavy (non-hydrogen) atoms. The standard InChI is InChI=1S/C7H2Cl3N3/c8-4-1-3-5(12-7(4)10)2-11-13-6(3)9/h1-2H. The van der Waals surface area contributed by atoms with Crippen molar-refractivity contribution in [3.63, 3.8) is 0 Å². The van der Waals surface area contributed by atoms with Crippen LogP contribution in [0.3, 0.4) is 0 Å². The van der Waals surface area contributed by atoms with Crippen LogP contribution >= 0.6 is 34.8 Å². The van der Waals surface area contributed by atoms with Crippen LogP contribution in [0.15, 0.2) is 12.3 Å². The quantitative estimate of drug-likeness (QED) is 0.658. The highest BCUT2D eigenvalue weighted by molar-refractivity contribution is 6.42. The van der Waals surface area contributed by atoms with Crippen molar-refractivity contribution in [2.24, 2.45) is 0 Å². The fourth-order valence-corrected chi connectivity index (χ4v) is 1.42. The van der Waals surface area contributed by atoms with Crippen LogP contribution in [0.25, 0.3) is 10.9 Å². The predicted octanol–water partition coefficient (Wildman–Crippen LogP) is 2.99. The van der Waals surface area contributed by atoms with E-state index in [1.165, 1.54) is 6.20 Å². The highest BCUT2D eigenvalue weighted by atomic mass is 35.5. The number of rotatable bonds is 0. The zero-order chi connectivity index (χ0) is 9.42. The van der Waals surface area contributed by atoms with Crippen molar-refractivity contribution in [2.45, 2.75) is 0 Å². The second-order valence-electron chi connectivity index (χ2n) is 2.33. The number of fused-ring (bicyclic) bond motifs is 1. The highest BCUT2D eigenvalue weighted by Crippen LogP contribution is 2.26. The molecular weight excluding hydrogens is 232 g/mol. The summed E-state index contributed by atoms with van der Waals surface area (Å²) < 4.78 is 0. The highest BCUT2D eigenvalue weighted by Gasteiger charge is 2.06. The van der Waals surface area contributed by atoms with Gasteiger partial charge in [-0.25, -0.2) is 4.98 Å². The second kappa shape index (κ2) is 3.25. The largest absolute Gasteiger partial charge is 0.233 e. The molecule has 0 amide bonds. The zero-order valence-electron chi connectivity index (χ0n) is 6.13. The molecule has 0 radical (unpaired) electrons. The molecule has 0 aromatic carbocycles. The smallest absolute Gasteiger partial charge is 0.161 e. The number of pyridine rings is 1. The van der Waals surface area contributed by atoms with Crippen molar-refractivity contribution < 1.29 is 0 Å². The average Bonchev–Trinajstić information content (AvgIpc) is 2.09. The van der Waals surface area contributed by atoms with E-state index >= 15 is 0 Å². The zero-order valence-corrected chi connectivity index (χ0v) is 8.40. The van der Waals surface area contributed by atoms with Crippen molar-refractivity contribution in [1.82, 2.24) is 15.2 Å². The molecule has 3 nitrogen and oxygen atoms in total. The van der Waals surface area contributed by atoms with Crippen LogP contribution in [0.1, 0.15) is 0 Å². The Bertz CT molecular complexity index is 472. The summed E-state index contributed by atoms with van der Waals surface area (Å²) in [5.74, 6) is 0. The summed E-state index contributed by atoms with van der Waals surface area (Å²) in [5.41, 5.74) is 0.578. The van der Waals surface area contributed by atoms with Gasteiger partial charge in [0.15, 0.2) is 5.15 Å². The molecule has 0 N–H and O–H groups in total. The third kappa shape index (κ3) is 1.55. The fourth-order valence-electron chi connectivity index (χ4n) is 0.931. The van der Waals surface area contributed by atoms with Gasteiger partial charge in [0, 0.05) is 5.39 Å². The molecule has 0 atom stereocenters. The number of hydrogen-bond acceptors (Lipinski definition) is 3. The van der Waals surface area contributed by atoms with Crippen molar-refractivity contribution >= 4 is 45.7 Å². The van der Waals surface area contributed by atoms with E-state index in [0.29, 0.717) is 15.9 Å². The van der Waals surface area contributed by atoms with Gasteiger partial charge in [0.05, 0.1) is 16.7 Å². The fraction of sp³-hybridized carbons (Fsp3) is 0. The van der Waals surface area contributed by atoms with Crippen LogP contribution in [-0.2, 0) is 0 Å². The van der Waals surface area contributed by atoms with E-state index in [1.54, 1.807) is 6.07 Å². The Hall–Kier alpha value is -0.640. The molecule has 0 aliphatic carbocycles. The first-order valence-corrected chi connectivity index (χ1v) is 4.45. The maximum atomic E-state index is 5.77. The van der Waals surface area contributed by atoms with Crippen LogP contribution in [-0.4, -0.2) is 15.2 Å². The van der Waals surface area contributed by atoms with Gasteiger partial charge >= 0.3 is 0 Å². The Labute approximate surface area is 88.7 Å². The van der Waals surface area contributed by atoms with Crippen LogP contribution in [0.2, 0.25) is 15.3 Å². The summed E-state index contributed by atoms with van der Waals surface area (Å²) >= 11 is 17.2. The van der Waals surface area contributed by atoms with Gasteiger partial charge in [-0.2, -0.15) is 5.10 Å². The monoisotopic (exact) mass is 233 g/mol. The van der Waals surface area contributed by atoms with E-state index < -0.39 is 0 Å². The Balaban J connectivity index is 2.89. The first-order chi connectivity index (χ1) is 6.18. The van der Waals surface area contributed by atoms with Gasteiger partial charge in [-0.3, -0.25) is 0 Å². The summed E-state index contributed by atoms with van der Waals surface area (Å²) in [4.78, 5) is 3.98. The van der Waals surface area contributed by atoms with Gasteiger partial charge in [0.25, 0.3) is 0 Å². The van der Waals surface area contributed by atoms with Crippen LogP contribution in [0, 0.1) is 0 Å². The molecule has 6 heteroatoms. The number of halogens is 3. The maximum Gasteiger partial charge on any atom is 0.161 e. The Morgan fingerprint density at radius 1 is 1.08 bits per heavy atom. The van der Waals surface area contributed by atoms with Crippen molar-refractivity contribution in [2.75, 3.05) is 0 Å². The number of aromatic nitrogens is 3. The Morgan fingerprint density at radius 3 is 2.62 bits per heavy atom. The van der Waals surface area contributed by atoms with E-state index in [9.17, 15) is 0 Å². The number of nitrogens with zero attached hydrogens (tertiary/aromatic N) is 3. The van der Waals surface area contributed by atoms with E-state index in [-0.39, 0.29) is 10.3 Å². The second-order valence-corrected chi connectivity index (χ2v) is 3.45. The summed E-state index contributed by atoms with van der Waals surface area (Å²) in [7, 11) is 0. The molecule has 0 bridgehead atoms. The molecule has 2 rings (SSSR count). The summed E-state index contributed by atoms with van der Waals surface area (Å²) in [6, 6.07) is 1.61. The lowest BCUT2D eigenvalue weighted by Crippen LogP contribution is -1.87. The number of hydrogen-bond donors (Lipinski definition) is 0. The summed E-state index contributed by atoms with van der Waals surface area (Å²) in [6.45, 7) is 0. The minimum atomic E-state index is 0.234. The lowest BCUT2D eigenvalue weighted by Gasteiger charge is -1.99. The molecule has 0 saturated heterocycles. The predicted molar refractivity (Wildman–Crippen MR) is 52.4 cm³/mol. The van der Waals surface area contributed by atoms with E-state index in [0.717, 1.165) is 0 Å². The molecule has 2 heterocycles. The molecule has 0 fully saturated rings. The Kier molecular flexibility index (Phi) is 2.24. The lowest BCUT2D eigenvalue weighted by atomic mass is 10.3. The normalized spacial score (nSPS) is 10.7. The van der Waals surface area contributed by atoms with Crippen LogP contribution in [0.5, 0.6) is 0 Å². The Morgan fingerprint density at radius 2 is 1.85 bits per heavy atom. The molecule has 0 aliphatic heterocycles. The van der Waals surface area contributed by atoms with E-state index in [2.05, 4.69) is 15.2 Å². The van der Waals surface area contributed by atoms with E-state index in [4.69, 9.17) is 34.8 Å². The molecule has 2 aromatic heterocycles.